The van der Waals surface area contributed by atoms with Crippen LogP contribution in [0, 0.1) is 0 Å². The summed E-state index contributed by atoms with van der Waals surface area (Å²) in [5, 5.41) is 5.10. The van der Waals surface area contributed by atoms with Crippen LogP contribution in [-0.2, 0) is 19.5 Å². The van der Waals surface area contributed by atoms with Crippen LogP contribution < -0.4 is 9.88 Å². The van der Waals surface area contributed by atoms with E-state index in [0.717, 1.165) is 6.07 Å². The first-order valence-corrected chi connectivity index (χ1v) is 7.88. The number of rotatable bonds is 7. The van der Waals surface area contributed by atoms with Gasteiger partial charge in [0.1, 0.15) is 17.1 Å². The van der Waals surface area contributed by atoms with Gasteiger partial charge in [-0.05, 0) is 19.1 Å². The molecule has 0 aliphatic rings. The van der Waals surface area contributed by atoms with Gasteiger partial charge in [0, 0.05) is 11.6 Å². The molecular weight excluding hydrogens is 322 g/mol. The second kappa shape index (κ2) is 7.60. The number of sulfonamides is 1. The van der Waals surface area contributed by atoms with Crippen molar-refractivity contribution in [3.8, 4) is 5.75 Å². The minimum Gasteiger partial charge on any atom is -0.494 e. The lowest BCUT2D eigenvalue weighted by atomic mass is 10.2. The average Bonchev–Trinajstić information content (AvgIpc) is 2.41. The molecule has 0 aromatic heterocycles. The van der Waals surface area contributed by atoms with Gasteiger partial charge in [-0.2, -0.15) is 0 Å². The molecule has 9 heteroatoms. The number of esters is 1. The third kappa shape index (κ3) is 4.85. The van der Waals surface area contributed by atoms with E-state index in [1.807, 2.05) is 0 Å². The summed E-state index contributed by atoms with van der Waals surface area (Å²) < 4.78 is 38.0. The van der Waals surface area contributed by atoms with Crippen molar-refractivity contribution >= 4 is 27.6 Å². The van der Waals surface area contributed by atoms with E-state index in [9.17, 15) is 13.2 Å². The van der Waals surface area contributed by atoms with Gasteiger partial charge in [0.2, 0.25) is 10.0 Å². The Bertz CT molecular complexity index is 616. The number of primary sulfonamides is 1. The zero-order valence-corrected chi connectivity index (χ0v) is 13.2. The molecule has 7 nitrogen and oxygen atoms in total. The van der Waals surface area contributed by atoms with Crippen molar-refractivity contribution in [2.75, 3.05) is 26.9 Å². The molecule has 0 aliphatic carbocycles. The van der Waals surface area contributed by atoms with Crippen LogP contribution in [0.5, 0.6) is 5.75 Å². The van der Waals surface area contributed by atoms with Crippen molar-refractivity contribution in [1.82, 2.24) is 0 Å². The Labute approximate surface area is 128 Å². The van der Waals surface area contributed by atoms with E-state index in [1.54, 1.807) is 6.92 Å². The fourth-order valence-corrected chi connectivity index (χ4v) is 2.58. The van der Waals surface area contributed by atoms with Crippen LogP contribution in [0.1, 0.15) is 17.3 Å². The van der Waals surface area contributed by atoms with Gasteiger partial charge >= 0.3 is 5.97 Å². The molecule has 0 aliphatic heterocycles. The SMILES string of the molecule is CCOCCOC(=O)c1cc(Cl)cc(S(N)(=O)=O)c1OC. The summed E-state index contributed by atoms with van der Waals surface area (Å²) in [4.78, 5) is 11.6. The van der Waals surface area contributed by atoms with Crippen molar-refractivity contribution in [3.63, 3.8) is 0 Å². The number of ether oxygens (including phenoxy) is 3. The molecule has 0 unspecified atom stereocenters. The van der Waals surface area contributed by atoms with Gasteiger partial charge in [-0.1, -0.05) is 11.6 Å². The van der Waals surface area contributed by atoms with Crippen LogP contribution >= 0.6 is 11.6 Å². The molecule has 0 fully saturated rings. The van der Waals surface area contributed by atoms with Crippen molar-refractivity contribution in [1.29, 1.82) is 0 Å². The van der Waals surface area contributed by atoms with Gasteiger partial charge < -0.3 is 14.2 Å². The van der Waals surface area contributed by atoms with Crippen molar-refractivity contribution < 1.29 is 27.4 Å². The first kappa shape index (κ1) is 17.7. The molecular formula is C12H16ClNO6S. The Balaban J connectivity index is 3.12. The summed E-state index contributed by atoms with van der Waals surface area (Å²) in [6, 6.07) is 2.35. The molecule has 1 aromatic carbocycles. The quantitative estimate of drug-likeness (QED) is 0.592. The molecule has 0 saturated carbocycles. The summed E-state index contributed by atoms with van der Waals surface area (Å²) in [5.41, 5.74) is -0.120. The van der Waals surface area contributed by atoms with Crippen molar-refractivity contribution in [2.24, 2.45) is 5.14 Å². The standard InChI is InChI=1S/C12H16ClNO6S/c1-3-19-4-5-20-12(15)9-6-8(13)7-10(11(9)18-2)21(14,16)17/h6-7H,3-5H2,1-2H3,(H2,14,16,17). The summed E-state index contributed by atoms with van der Waals surface area (Å²) in [6.07, 6.45) is 0. The summed E-state index contributed by atoms with van der Waals surface area (Å²) in [6.45, 7) is 2.55. The lowest BCUT2D eigenvalue weighted by Crippen LogP contribution is -2.17. The van der Waals surface area contributed by atoms with E-state index >= 15 is 0 Å². The molecule has 0 saturated heterocycles. The Kier molecular flexibility index (Phi) is 6.41. The normalized spacial score (nSPS) is 11.2. The summed E-state index contributed by atoms with van der Waals surface area (Å²) >= 11 is 5.80. The van der Waals surface area contributed by atoms with Crippen LogP contribution in [0.4, 0.5) is 0 Å². The highest BCUT2D eigenvalue weighted by Gasteiger charge is 2.24. The predicted molar refractivity (Wildman–Crippen MR) is 76.2 cm³/mol. The lowest BCUT2D eigenvalue weighted by molar-refractivity contribution is 0.0332. The summed E-state index contributed by atoms with van der Waals surface area (Å²) in [5.74, 6) is -0.984. The number of carbonyl (C=O) groups is 1. The Hall–Kier alpha value is -1.35. The Morgan fingerprint density at radius 2 is 2.00 bits per heavy atom. The van der Waals surface area contributed by atoms with Gasteiger partial charge in [0.15, 0.2) is 5.75 Å². The molecule has 0 spiro atoms. The molecule has 0 bridgehead atoms. The first-order chi connectivity index (χ1) is 9.81. The third-order valence-corrected chi connectivity index (χ3v) is 3.55. The first-order valence-electron chi connectivity index (χ1n) is 5.96. The lowest BCUT2D eigenvalue weighted by Gasteiger charge is -2.12. The number of nitrogens with two attached hydrogens (primary N) is 1. The molecule has 0 heterocycles. The van der Waals surface area contributed by atoms with Crippen molar-refractivity contribution in [3.05, 3.63) is 22.7 Å². The predicted octanol–water partition coefficient (Wildman–Crippen LogP) is 1.19. The molecule has 0 amide bonds. The van der Waals surface area contributed by atoms with Crippen LogP contribution in [0.25, 0.3) is 0 Å². The van der Waals surface area contributed by atoms with Gasteiger partial charge in [0.25, 0.3) is 0 Å². The van der Waals surface area contributed by atoms with E-state index in [-0.39, 0.29) is 34.4 Å². The zero-order chi connectivity index (χ0) is 16.0. The molecule has 0 atom stereocenters. The molecule has 0 radical (unpaired) electrons. The summed E-state index contributed by atoms with van der Waals surface area (Å²) in [7, 11) is -2.88. The minimum atomic E-state index is -4.10. The van der Waals surface area contributed by atoms with Crippen LogP contribution in [0.2, 0.25) is 5.02 Å². The molecule has 2 N–H and O–H groups in total. The number of halogens is 1. The second-order valence-electron chi connectivity index (χ2n) is 3.86. The highest BCUT2D eigenvalue weighted by atomic mass is 35.5. The molecule has 118 valence electrons. The zero-order valence-electron chi connectivity index (χ0n) is 11.6. The maximum atomic E-state index is 12.0. The van der Waals surface area contributed by atoms with Crippen LogP contribution in [0.15, 0.2) is 17.0 Å². The van der Waals surface area contributed by atoms with Crippen LogP contribution in [0.3, 0.4) is 0 Å². The largest absolute Gasteiger partial charge is 0.494 e. The number of benzene rings is 1. The number of hydrogen-bond acceptors (Lipinski definition) is 6. The third-order valence-electron chi connectivity index (χ3n) is 2.42. The Morgan fingerprint density at radius 1 is 1.33 bits per heavy atom. The highest BCUT2D eigenvalue weighted by Crippen LogP contribution is 2.31. The number of carbonyl (C=O) groups excluding carboxylic acids is 1. The van der Waals surface area contributed by atoms with Gasteiger partial charge in [0.05, 0.1) is 13.7 Å². The highest BCUT2D eigenvalue weighted by molar-refractivity contribution is 7.89. The van der Waals surface area contributed by atoms with E-state index in [0.29, 0.717) is 6.61 Å². The van der Waals surface area contributed by atoms with Gasteiger partial charge in [-0.3, -0.25) is 0 Å². The van der Waals surface area contributed by atoms with E-state index in [2.05, 4.69) is 0 Å². The Morgan fingerprint density at radius 3 is 2.52 bits per heavy atom. The van der Waals surface area contributed by atoms with Crippen LogP contribution in [-0.4, -0.2) is 41.3 Å². The molecule has 1 aromatic rings. The van der Waals surface area contributed by atoms with Gasteiger partial charge in [-0.15, -0.1) is 0 Å². The van der Waals surface area contributed by atoms with Gasteiger partial charge in [-0.25, -0.2) is 18.4 Å². The second-order valence-corrected chi connectivity index (χ2v) is 5.83. The topological polar surface area (TPSA) is 105 Å². The maximum absolute atomic E-state index is 12.0. The minimum absolute atomic E-state index is 0.0209. The molecule has 21 heavy (non-hydrogen) atoms. The fourth-order valence-electron chi connectivity index (χ4n) is 1.56. The maximum Gasteiger partial charge on any atom is 0.342 e. The van der Waals surface area contributed by atoms with Crippen molar-refractivity contribution in [2.45, 2.75) is 11.8 Å². The average molecular weight is 338 g/mol. The number of methoxy groups -OCH3 is 1. The van der Waals surface area contributed by atoms with E-state index in [4.69, 9.17) is 31.0 Å². The van der Waals surface area contributed by atoms with E-state index < -0.39 is 16.0 Å². The molecule has 1 rings (SSSR count). The monoisotopic (exact) mass is 337 g/mol. The fraction of sp³-hybridized carbons (Fsp3) is 0.417. The van der Waals surface area contributed by atoms with E-state index in [1.165, 1.54) is 13.2 Å². The smallest absolute Gasteiger partial charge is 0.342 e. The number of hydrogen-bond donors (Lipinski definition) is 1.